The van der Waals surface area contributed by atoms with Crippen molar-refractivity contribution in [3.05, 3.63) is 53.1 Å². The number of benzene rings is 2. The van der Waals surface area contributed by atoms with Gasteiger partial charge in [0, 0.05) is 16.4 Å². The number of hydrogen-bond donors (Lipinski definition) is 2. The lowest BCUT2D eigenvalue weighted by Crippen LogP contribution is -2.22. The van der Waals surface area contributed by atoms with E-state index in [1.165, 1.54) is 0 Å². The molecule has 0 fully saturated rings. The number of amides is 1. The second-order valence-corrected chi connectivity index (χ2v) is 5.99. The summed E-state index contributed by atoms with van der Waals surface area (Å²) in [4.78, 5) is 12.0. The summed E-state index contributed by atoms with van der Waals surface area (Å²) in [6.07, 6.45) is 0.126. The van der Waals surface area contributed by atoms with E-state index in [1.54, 1.807) is 0 Å². The number of hydrogen-bond acceptors (Lipinski definition) is 3. The van der Waals surface area contributed by atoms with Gasteiger partial charge in [-0.05, 0) is 62.7 Å². The lowest BCUT2D eigenvalue weighted by molar-refractivity contribution is -0.114. The van der Waals surface area contributed by atoms with Gasteiger partial charge in [-0.1, -0.05) is 17.7 Å². The molecule has 1 amide bonds. The van der Waals surface area contributed by atoms with E-state index in [0.29, 0.717) is 5.02 Å². The van der Waals surface area contributed by atoms with Gasteiger partial charge in [0.1, 0.15) is 5.75 Å². The van der Waals surface area contributed by atoms with Crippen LogP contribution >= 0.6 is 11.6 Å². The molecule has 2 rings (SSSR count). The standard InChI is InChI=1S/C18H21ClN2O2/c1-12(2)23-16-8-6-15(7-9-16)21-18(22)11-20-17-10-14(19)5-4-13(17)3/h4-10,12,20H,11H2,1-3H3,(H,21,22). The lowest BCUT2D eigenvalue weighted by atomic mass is 10.2. The Hall–Kier alpha value is -2.20. The van der Waals surface area contributed by atoms with Crippen molar-refractivity contribution in [1.82, 2.24) is 0 Å². The van der Waals surface area contributed by atoms with Gasteiger partial charge in [0.15, 0.2) is 0 Å². The highest BCUT2D eigenvalue weighted by atomic mass is 35.5. The van der Waals surface area contributed by atoms with Crippen molar-refractivity contribution in [1.29, 1.82) is 0 Å². The molecule has 2 aromatic rings. The quantitative estimate of drug-likeness (QED) is 0.819. The fourth-order valence-electron chi connectivity index (χ4n) is 2.05. The van der Waals surface area contributed by atoms with Gasteiger partial charge >= 0.3 is 0 Å². The number of halogens is 1. The van der Waals surface area contributed by atoms with E-state index in [9.17, 15) is 4.79 Å². The van der Waals surface area contributed by atoms with Crippen LogP contribution in [0.2, 0.25) is 5.02 Å². The first kappa shape index (κ1) is 17.2. The summed E-state index contributed by atoms with van der Waals surface area (Å²) < 4.78 is 5.57. The summed E-state index contributed by atoms with van der Waals surface area (Å²) in [5.41, 5.74) is 2.63. The van der Waals surface area contributed by atoms with Crippen LogP contribution in [0.3, 0.4) is 0 Å². The molecule has 2 N–H and O–H groups in total. The number of rotatable bonds is 6. The molecule has 0 heterocycles. The van der Waals surface area contributed by atoms with E-state index in [4.69, 9.17) is 16.3 Å². The summed E-state index contributed by atoms with van der Waals surface area (Å²) in [5, 5.41) is 6.57. The molecule has 0 aliphatic rings. The molecule has 0 spiro atoms. The molecule has 0 saturated carbocycles. The van der Waals surface area contributed by atoms with Crippen LogP contribution in [-0.4, -0.2) is 18.6 Å². The number of carbonyl (C=O) groups excluding carboxylic acids is 1. The SMILES string of the molecule is Cc1ccc(Cl)cc1NCC(=O)Nc1ccc(OC(C)C)cc1. The highest BCUT2D eigenvalue weighted by Crippen LogP contribution is 2.20. The first-order valence-electron chi connectivity index (χ1n) is 7.50. The average molecular weight is 333 g/mol. The van der Waals surface area contributed by atoms with E-state index >= 15 is 0 Å². The Morgan fingerprint density at radius 1 is 1.17 bits per heavy atom. The first-order chi connectivity index (χ1) is 10.9. The van der Waals surface area contributed by atoms with Crippen molar-refractivity contribution in [3.63, 3.8) is 0 Å². The third kappa shape index (κ3) is 5.49. The summed E-state index contributed by atoms with van der Waals surface area (Å²) >= 11 is 5.96. The van der Waals surface area contributed by atoms with E-state index in [0.717, 1.165) is 22.7 Å². The number of nitrogens with one attached hydrogen (secondary N) is 2. The predicted molar refractivity (Wildman–Crippen MR) is 95.5 cm³/mol. The van der Waals surface area contributed by atoms with E-state index in [2.05, 4.69) is 10.6 Å². The molecule has 5 heteroatoms. The molecule has 0 unspecified atom stereocenters. The second kappa shape index (κ2) is 7.88. The Bertz CT molecular complexity index is 669. The van der Waals surface area contributed by atoms with Crippen molar-refractivity contribution in [2.24, 2.45) is 0 Å². The van der Waals surface area contributed by atoms with E-state index < -0.39 is 0 Å². The smallest absolute Gasteiger partial charge is 0.243 e. The van der Waals surface area contributed by atoms with E-state index in [-0.39, 0.29) is 18.6 Å². The molecule has 0 radical (unpaired) electrons. The molecule has 23 heavy (non-hydrogen) atoms. The Morgan fingerprint density at radius 3 is 2.52 bits per heavy atom. The molecular weight excluding hydrogens is 312 g/mol. The van der Waals surface area contributed by atoms with Crippen LogP contribution in [0.25, 0.3) is 0 Å². The van der Waals surface area contributed by atoms with Crippen molar-refractivity contribution in [2.75, 3.05) is 17.2 Å². The largest absolute Gasteiger partial charge is 0.491 e. The van der Waals surface area contributed by atoms with Gasteiger partial charge in [-0.2, -0.15) is 0 Å². The Balaban J connectivity index is 1.88. The lowest BCUT2D eigenvalue weighted by Gasteiger charge is -2.12. The minimum absolute atomic E-state index is 0.123. The third-order valence-electron chi connectivity index (χ3n) is 3.15. The average Bonchev–Trinajstić information content (AvgIpc) is 2.50. The highest BCUT2D eigenvalue weighted by molar-refractivity contribution is 6.30. The van der Waals surface area contributed by atoms with Gasteiger partial charge in [-0.3, -0.25) is 4.79 Å². The van der Waals surface area contributed by atoms with Crippen LogP contribution in [0.4, 0.5) is 11.4 Å². The van der Waals surface area contributed by atoms with Gasteiger partial charge in [0.2, 0.25) is 5.91 Å². The zero-order valence-electron chi connectivity index (χ0n) is 13.5. The zero-order valence-corrected chi connectivity index (χ0v) is 14.3. The van der Waals surface area contributed by atoms with Crippen LogP contribution in [-0.2, 0) is 4.79 Å². The number of aryl methyl sites for hydroxylation is 1. The molecule has 2 aromatic carbocycles. The second-order valence-electron chi connectivity index (χ2n) is 5.55. The monoisotopic (exact) mass is 332 g/mol. The number of ether oxygens (including phenoxy) is 1. The van der Waals surface area contributed by atoms with Gasteiger partial charge in [-0.25, -0.2) is 0 Å². The third-order valence-corrected chi connectivity index (χ3v) is 3.38. The van der Waals surface area contributed by atoms with Crippen LogP contribution in [0, 0.1) is 6.92 Å². The number of carbonyl (C=O) groups is 1. The first-order valence-corrected chi connectivity index (χ1v) is 7.88. The maximum Gasteiger partial charge on any atom is 0.243 e. The molecule has 122 valence electrons. The summed E-state index contributed by atoms with van der Waals surface area (Å²) in [6, 6.07) is 12.9. The van der Waals surface area contributed by atoms with Gasteiger partial charge < -0.3 is 15.4 Å². The van der Waals surface area contributed by atoms with Crippen LogP contribution in [0.1, 0.15) is 19.4 Å². The molecular formula is C18H21ClN2O2. The van der Waals surface area contributed by atoms with Crippen molar-refractivity contribution < 1.29 is 9.53 Å². The molecule has 4 nitrogen and oxygen atoms in total. The topological polar surface area (TPSA) is 50.4 Å². The van der Waals surface area contributed by atoms with Gasteiger partial charge in [0.05, 0.1) is 12.6 Å². The maximum atomic E-state index is 12.0. The minimum Gasteiger partial charge on any atom is -0.491 e. The van der Waals surface area contributed by atoms with E-state index in [1.807, 2.05) is 63.2 Å². The highest BCUT2D eigenvalue weighted by Gasteiger charge is 2.05. The Kier molecular flexibility index (Phi) is 5.88. The summed E-state index contributed by atoms with van der Waals surface area (Å²) in [5.74, 6) is 0.660. The zero-order chi connectivity index (χ0) is 16.8. The van der Waals surface area contributed by atoms with Gasteiger partial charge in [-0.15, -0.1) is 0 Å². The Labute approximate surface area is 141 Å². The molecule has 0 saturated heterocycles. The fourth-order valence-corrected chi connectivity index (χ4v) is 2.23. The van der Waals surface area contributed by atoms with Crippen LogP contribution in [0.5, 0.6) is 5.75 Å². The molecule has 0 bridgehead atoms. The molecule has 0 aromatic heterocycles. The molecule has 0 atom stereocenters. The summed E-state index contributed by atoms with van der Waals surface area (Å²) in [7, 11) is 0. The molecule has 0 aliphatic carbocycles. The van der Waals surface area contributed by atoms with Crippen molar-refractivity contribution >= 4 is 28.9 Å². The fraction of sp³-hybridized carbons (Fsp3) is 0.278. The van der Waals surface area contributed by atoms with Gasteiger partial charge in [0.25, 0.3) is 0 Å². The minimum atomic E-state index is -0.123. The van der Waals surface area contributed by atoms with Crippen LogP contribution < -0.4 is 15.4 Å². The normalized spacial score (nSPS) is 10.5. The Morgan fingerprint density at radius 2 is 1.87 bits per heavy atom. The van der Waals surface area contributed by atoms with Crippen molar-refractivity contribution in [3.8, 4) is 5.75 Å². The predicted octanol–water partition coefficient (Wildman–Crippen LogP) is 4.49. The maximum absolute atomic E-state index is 12.0. The van der Waals surface area contributed by atoms with Crippen LogP contribution in [0.15, 0.2) is 42.5 Å². The van der Waals surface area contributed by atoms with Crippen molar-refractivity contribution in [2.45, 2.75) is 26.9 Å². The molecule has 0 aliphatic heterocycles. The summed E-state index contributed by atoms with van der Waals surface area (Å²) in [6.45, 7) is 6.08. The number of anilines is 2.